The first-order valence-electron chi connectivity index (χ1n) is 11.4. The molecule has 23 nitrogen and oxygen atoms in total. The van der Waals surface area contributed by atoms with Crippen LogP contribution in [0.5, 0.6) is 0 Å². The smallest absolute Gasteiger partial charge is 0.300 e. The number of methoxy groups -OCH3 is 2. The van der Waals surface area contributed by atoms with Crippen molar-refractivity contribution >= 4 is 48.5 Å². The summed E-state index contributed by atoms with van der Waals surface area (Å²) in [4.78, 5) is 74.7. The molecule has 0 unspecified atom stereocenters. The summed E-state index contributed by atoms with van der Waals surface area (Å²) in [6.45, 7) is 12.8. The van der Waals surface area contributed by atoms with E-state index in [0.717, 1.165) is 13.8 Å². The number of rotatable bonds is 2. The van der Waals surface area contributed by atoms with E-state index in [1.54, 1.807) is 28.2 Å². The monoisotopic (exact) mass is 915 g/mol. The Hall–Kier alpha value is -2.31. The standard InChI is InChI=1S/4C3H7NO.4C2H4O2.C2H6.3CH4.7H2O.2Y/c4*1-3(5)4-2;2*1-4-2-3;2*1-2(3)4;1-2;;;;;;;;;;;;/h4*1-2H3,(H,4,5);2*2H,1H3;2*1H3,(H,3,4);1-2H3;3*1H4;7*1H2;;/i;;;;;;;;;1D;;;;;;;;;;;. The van der Waals surface area contributed by atoms with E-state index in [1.165, 1.54) is 49.3 Å². The molecule has 0 aliphatic rings. The molecule has 0 aliphatic carbocycles. The van der Waals surface area contributed by atoms with E-state index in [4.69, 9.17) is 30.8 Å². The van der Waals surface area contributed by atoms with Crippen LogP contribution in [0.25, 0.3) is 0 Å². The molecular formula is C25H76N4O19Y2. The van der Waals surface area contributed by atoms with Gasteiger partial charge in [0, 0.05) is 137 Å². The minimum absolute atomic E-state index is 0. The summed E-state index contributed by atoms with van der Waals surface area (Å²) in [7, 11) is 10.3. The SMILES string of the molecule is C.C.CC.CC(=O)O.CC(=O)O.CNC(C)=O.CNC(C)=O.CNC(C)=O.CNC(C)=O.COC=O.COC=O.O.O.O.O.O.O.O.[2H]C.[Y].[Y]. The first-order valence-corrected chi connectivity index (χ1v) is 10.4. The van der Waals surface area contributed by atoms with E-state index in [-0.39, 0.29) is 142 Å². The second-order valence-corrected chi connectivity index (χ2v) is 4.93. The molecule has 0 heterocycles. The summed E-state index contributed by atoms with van der Waals surface area (Å²) in [6, 6.07) is 0. The number of hydrogen-bond donors (Lipinski definition) is 6. The number of carboxylic acids is 2. The summed E-state index contributed by atoms with van der Waals surface area (Å²) < 4.78 is 13.5. The van der Waals surface area contributed by atoms with Gasteiger partial charge in [0.15, 0.2) is 0 Å². The zero-order valence-corrected chi connectivity index (χ0v) is 36.5. The topological polar surface area (TPSA) is 464 Å². The Balaban J connectivity index is -0.0000000102. The quantitative estimate of drug-likeness (QED) is 0.144. The van der Waals surface area contributed by atoms with Gasteiger partial charge >= 0.3 is 0 Å². The fourth-order valence-electron chi connectivity index (χ4n) is 0. The number of carbonyl (C=O) groups is 8. The van der Waals surface area contributed by atoms with Crippen LogP contribution in [-0.2, 0) is 113 Å². The number of aliphatic carboxylic acids is 2. The normalized spacial score (nSPS) is 4.82. The molecule has 0 fully saturated rings. The molecule has 50 heavy (non-hydrogen) atoms. The summed E-state index contributed by atoms with van der Waals surface area (Å²) in [6.07, 6.45) is 0. The maximum Gasteiger partial charge on any atom is 0.300 e. The molecule has 25 heteroatoms. The first kappa shape index (κ1) is 136. The summed E-state index contributed by atoms with van der Waals surface area (Å²) >= 11 is 0. The van der Waals surface area contributed by atoms with E-state index in [1.807, 2.05) is 13.8 Å². The third-order valence-corrected chi connectivity index (χ3v) is 1.60. The van der Waals surface area contributed by atoms with Crippen LogP contribution in [-0.4, -0.2) is 139 Å². The molecule has 0 saturated heterocycles. The van der Waals surface area contributed by atoms with Gasteiger partial charge in [0.05, 0.1) is 14.2 Å². The average molecular weight is 916 g/mol. The van der Waals surface area contributed by atoms with Crippen molar-refractivity contribution in [2.75, 3.05) is 42.4 Å². The van der Waals surface area contributed by atoms with Crippen molar-refractivity contribution in [2.24, 2.45) is 0 Å². The minimum atomic E-state index is -0.833. The maximum atomic E-state index is 9.70. The summed E-state index contributed by atoms with van der Waals surface area (Å²) in [5.74, 6) is -1.65. The first-order chi connectivity index (χ1) is 18.4. The molecule has 0 aromatic heterocycles. The zero-order chi connectivity index (χ0) is 35.1. The van der Waals surface area contributed by atoms with Crippen molar-refractivity contribution in [1.29, 1.82) is 0 Å². The molecular weight excluding hydrogens is 838 g/mol. The maximum absolute atomic E-state index is 9.70. The van der Waals surface area contributed by atoms with Crippen LogP contribution in [0.2, 0.25) is 0 Å². The van der Waals surface area contributed by atoms with E-state index in [0.29, 0.717) is 12.9 Å². The number of amides is 4. The van der Waals surface area contributed by atoms with Gasteiger partial charge in [-0.05, 0) is 0 Å². The van der Waals surface area contributed by atoms with Crippen LogP contribution in [0.4, 0.5) is 0 Å². The van der Waals surface area contributed by atoms with Gasteiger partial charge < -0.3 is 79.3 Å². The Bertz CT molecular complexity index is 507. The molecule has 0 atom stereocenters. The Labute approximate surface area is 350 Å². The van der Waals surface area contributed by atoms with Crippen LogP contribution in [0.3, 0.4) is 0 Å². The van der Waals surface area contributed by atoms with Gasteiger partial charge in [0.1, 0.15) is 0 Å². The average Bonchev–Trinajstić information content (AvgIpc) is 2.91. The van der Waals surface area contributed by atoms with Gasteiger partial charge in [-0.25, -0.2) is 0 Å². The molecule has 4 amide bonds. The van der Waals surface area contributed by atoms with Crippen LogP contribution < -0.4 is 21.3 Å². The van der Waals surface area contributed by atoms with Gasteiger partial charge in [0.2, 0.25) is 23.6 Å². The van der Waals surface area contributed by atoms with Gasteiger partial charge in [-0.15, -0.1) is 0 Å². The third-order valence-electron chi connectivity index (χ3n) is 1.60. The van der Waals surface area contributed by atoms with Crippen molar-refractivity contribution in [3.8, 4) is 0 Å². The van der Waals surface area contributed by atoms with Crippen molar-refractivity contribution in [3.05, 3.63) is 0 Å². The van der Waals surface area contributed by atoms with E-state index >= 15 is 0 Å². The second kappa shape index (κ2) is 174. The fraction of sp³-hybridized carbons (Fsp3) is 0.680. The Morgan fingerprint density at radius 2 is 0.520 bits per heavy atom. The van der Waals surface area contributed by atoms with E-state index < -0.39 is 11.9 Å². The van der Waals surface area contributed by atoms with Crippen molar-refractivity contribution < 1.29 is 163 Å². The number of carboxylic acid groups (broad SMARTS) is 2. The number of nitrogens with one attached hydrogen (secondary N) is 4. The van der Waals surface area contributed by atoms with Gasteiger partial charge in [-0.3, -0.25) is 38.4 Å². The van der Waals surface area contributed by atoms with Gasteiger partial charge in [0.25, 0.3) is 24.9 Å². The van der Waals surface area contributed by atoms with Crippen LogP contribution in [0, 0.1) is 0 Å². The Kier molecular flexibility index (Phi) is 471. The molecule has 0 bridgehead atoms. The summed E-state index contributed by atoms with van der Waals surface area (Å²) in [5.41, 5.74) is 0. The molecule has 2 radical (unpaired) electrons. The summed E-state index contributed by atoms with van der Waals surface area (Å²) in [5, 5.41) is 24.4. The van der Waals surface area contributed by atoms with Crippen molar-refractivity contribution in [2.45, 2.75) is 77.6 Å². The van der Waals surface area contributed by atoms with Crippen LogP contribution in [0.15, 0.2) is 0 Å². The van der Waals surface area contributed by atoms with Crippen LogP contribution >= 0.6 is 0 Å². The predicted molar refractivity (Wildman–Crippen MR) is 189 cm³/mol. The molecule has 316 valence electrons. The third kappa shape index (κ3) is 1540. The Morgan fingerprint density at radius 3 is 0.520 bits per heavy atom. The number of ether oxygens (including phenoxy) is 2. The number of carbonyl (C=O) groups excluding carboxylic acids is 6. The molecule has 20 N–H and O–H groups in total. The molecule has 0 saturated carbocycles. The molecule has 0 rings (SSSR count). The molecule has 0 aromatic carbocycles. The minimum Gasteiger partial charge on any atom is -0.481 e. The van der Waals surface area contributed by atoms with E-state index in [2.05, 4.69) is 30.7 Å². The molecule has 0 aromatic rings. The van der Waals surface area contributed by atoms with Crippen molar-refractivity contribution in [3.63, 3.8) is 0 Å². The van der Waals surface area contributed by atoms with Crippen molar-refractivity contribution in [1.82, 2.24) is 21.3 Å². The fourth-order valence-corrected chi connectivity index (χ4v) is 0. The number of hydrogen-bond acceptors (Lipinski definition) is 10. The zero-order valence-electron chi connectivity index (χ0n) is 31.8. The van der Waals surface area contributed by atoms with E-state index in [9.17, 15) is 19.2 Å². The van der Waals surface area contributed by atoms with Gasteiger partial charge in [-0.2, -0.15) is 0 Å². The molecule has 0 aliphatic heterocycles. The van der Waals surface area contributed by atoms with Crippen LogP contribution in [0.1, 0.15) is 79.0 Å². The predicted octanol–water partition coefficient (Wildman–Crippen LogP) is -4.07. The Morgan fingerprint density at radius 1 is 0.480 bits per heavy atom. The molecule has 0 spiro atoms. The van der Waals surface area contributed by atoms with Gasteiger partial charge in [-0.1, -0.05) is 36.1 Å². The largest absolute Gasteiger partial charge is 0.481 e. The second-order valence-electron chi connectivity index (χ2n) is 4.93.